The van der Waals surface area contributed by atoms with Gasteiger partial charge in [-0.25, -0.2) is 0 Å². The number of aliphatic hydroxyl groups excluding tert-OH is 2. The zero-order chi connectivity index (χ0) is 13.4. The first-order valence-corrected chi connectivity index (χ1v) is 5.59. The molecule has 0 bridgehead atoms. The van der Waals surface area contributed by atoms with Crippen molar-refractivity contribution in [3.8, 4) is 5.75 Å². The minimum atomic E-state index is -0.848. The molecule has 4 N–H and O–H groups in total. The van der Waals surface area contributed by atoms with Crippen LogP contribution in [0.5, 0.6) is 5.75 Å². The van der Waals surface area contributed by atoms with Gasteiger partial charge in [0, 0.05) is 12.2 Å². The Balaban J connectivity index is 2.30. The maximum absolute atomic E-state index is 11.5. The highest BCUT2D eigenvalue weighted by Crippen LogP contribution is 2.14. The van der Waals surface area contributed by atoms with Gasteiger partial charge in [-0.05, 0) is 24.3 Å². The summed E-state index contributed by atoms with van der Waals surface area (Å²) in [5, 5.41) is 23.1. The number of rotatable bonds is 7. The summed E-state index contributed by atoms with van der Waals surface area (Å²) in [6, 6.07) is 6.97. The number of amides is 1. The van der Waals surface area contributed by atoms with E-state index < -0.39 is 6.10 Å². The van der Waals surface area contributed by atoms with E-state index >= 15 is 0 Å². The number of hydrogen-bond acceptors (Lipinski definition) is 5. The van der Waals surface area contributed by atoms with Crippen LogP contribution < -0.4 is 15.4 Å². The van der Waals surface area contributed by atoms with Gasteiger partial charge in [0.15, 0.2) is 0 Å². The van der Waals surface area contributed by atoms with Gasteiger partial charge in [0.05, 0.1) is 26.4 Å². The summed E-state index contributed by atoms with van der Waals surface area (Å²) in [5.41, 5.74) is 0.672. The van der Waals surface area contributed by atoms with Crippen LogP contribution in [0, 0.1) is 0 Å². The molecule has 100 valence electrons. The molecule has 1 unspecified atom stereocenters. The number of ether oxygens (including phenoxy) is 1. The summed E-state index contributed by atoms with van der Waals surface area (Å²) in [4.78, 5) is 11.5. The fraction of sp³-hybridized carbons (Fsp3) is 0.417. The third kappa shape index (κ3) is 5.13. The first-order valence-electron chi connectivity index (χ1n) is 5.59. The molecule has 1 aromatic carbocycles. The van der Waals surface area contributed by atoms with E-state index in [2.05, 4.69) is 10.6 Å². The summed E-state index contributed by atoms with van der Waals surface area (Å²) in [7, 11) is 1.57. The van der Waals surface area contributed by atoms with Gasteiger partial charge in [0.1, 0.15) is 5.75 Å². The molecule has 1 amide bonds. The molecule has 0 heterocycles. The van der Waals surface area contributed by atoms with Crippen LogP contribution in [0.4, 0.5) is 5.69 Å². The maximum Gasteiger partial charge on any atom is 0.238 e. The van der Waals surface area contributed by atoms with Crippen molar-refractivity contribution < 1.29 is 19.7 Å². The summed E-state index contributed by atoms with van der Waals surface area (Å²) in [5.74, 6) is 0.502. The lowest BCUT2D eigenvalue weighted by Crippen LogP contribution is -2.35. The number of aliphatic hydroxyl groups is 2. The number of methoxy groups -OCH3 is 1. The number of carbonyl (C=O) groups excluding carboxylic acids is 1. The topological polar surface area (TPSA) is 90.8 Å². The first kappa shape index (κ1) is 14.4. The second kappa shape index (κ2) is 7.65. The number of hydrogen-bond donors (Lipinski definition) is 4. The Bertz CT molecular complexity index is 367. The third-order valence-corrected chi connectivity index (χ3v) is 2.25. The third-order valence-electron chi connectivity index (χ3n) is 2.25. The van der Waals surface area contributed by atoms with Crippen LogP contribution in [0.15, 0.2) is 24.3 Å². The van der Waals surface area contributed by atoms with E-state index in [1.807, 2.05) is 0 Å². The van der Waals surface area contributed by atoms with E-state index in [1.54, 1.807) is 31.4 Å². The molecule has 6 nitrogen and oxygen atoms in total. The lowest BCUT2D eigenvalue weighted by molar-refractivity contribution is -0.115. The van der Waals surface area contributed by atoms with Crippen molar-refractivity contribution in [2.24, 2.45) is 0 Å². The number of nitrogens with one attached hydrogen (secondary N) is 2. The Morgan fingerprint density at radius 2 is 2.06 bits per heavy atom. The van der Waals surface area contributed by atoms with E-state index in [0.717, 1.165) is 5.75 Å². The maximum atomic E-state index is 11.5. The van der Waals surface area contributed by atoms with Gasteiger partial charge in [-0.1, -0.05) is 0 Å². The Morgan fingerprint density at radius 3 is 2.61 bits per heavy atom. The van der Waals surface area contributed by atoms with Crippen molar-refractivity contribution in [3.63, 3.8) is 0 Å². The fourth-order valence-electron chi connectivity index (χ4n) is 1.30. The Hall–Kier alpha value is -1.63. The lowest BCUT2D eigenvalue weighted by atomic mass is 10.3. The molecule has 1 atom stereocenters. The molecule has 0 aliphatic rings. The summed E-state index contributed by atoms with van der Waals surface area (Å²) in [6.45, 7) is -0.0806. The Labute approximate surface area is 106 Å². The smallest absolute Gasteiger partial charge is 0.238 e. The fourth-order valence-corrected chi connectivity index (χ4v) is 1.30. The number of carbonyl (C=O) groups is 1. The molecule has 0 radical (unpaired) electrons. The van der Waals surface area contributed by atoms with Crippen LogP contribution in [0.1, 0.15) is 0 Å². The van der Waals surface area contributed by atoms with Gasteiger partial charge in [-0.2, -0.15) is 0 Å². The summed E-state index contributed by atoms with van der Waals surface area (Å²) >= 11 is 0. The molecular weight excluding hydrogens is 236 g/mol. The molecule has 0 spiro atoms. The van der Waals surface area contributed by atoms with Crippen LogP contribution in [0.2, 0.25) is 0 Å². The van der Waals surface area contributed by atoms with Crippen molar-refractivity contribution in [3.05, 3.63) is 24.3 Å². The molecule has 1 aromatic rings. The minimum Gasteiger partial charge on any atom is -0.497 e. The van der Waals surface area contributed by atoms with Gasteiger partial charge < -0.3 is 25.6 Å². The summed E-state index contributed by atoms with van der Waals surface area (Å²) in [6.07, 6.45) is -0.848. The molecule has 0 saturated heterocycles. The van der Waals surface area contributed by atoms with Gasteiger partial charge in [0.2, 0.25) is 5.91 Å². The highest BCUT2D eigenvalue weighted by Gasteiger charge is 2.04. The van der Waals surface area contributed by atoms with Crippen molar-refractivity contribution in [1.29, 1.82) is 0 Å². The van der Waals surface area contributed by atoms with Crippen LogP contribution >= 0.6 is 0 Å². The second-order valence-corrected chi connectivity index (χ2v) is 3.74. The van der Waals surface area contributed by atoms with Crippen LogP contribution in [-0.2, 0) is 4.79 Å². The molecule has 6 heteroatoms. The minimum absolute atomic E-state index is 0.0725. The SMILES string of the molecule is COc1ccc(NC(=O)CNCC(O)CO)cc1. The normalized spacial score (nSPS) is 11.9. The number of anilines is 1. The van der Waals surface area contributed by atoms with E-state index in [4.69, 9.17) is 14.9 Å². The first-order chi connectivity index (χ1) is 8.65. The molecular formula is C12H18N2O4. The second-order valence-electron chi connectivity index (χ2n) is 3.74. The zero-order valence-corrected chi connectivity index (χ0v) is 10.2. The molecule has 0 aliphatic carbocycles. The average molecular weight is 254 g/mol. The molecule has 18 heavy (non-hydrogen) atoms. The van der Waals surface area contributed by atoms with Crippen LogP contribution in [-0.4, -0.2) is 49.0 Å². The predicted molar refractivity (Wildman–Crippen MR) is 67.6 cm³/mol. The lowest BCUT2D eigenvalue weighted by Gasteiger charge is -2.09. The van der Waals surface area contributed by atoms with Crippen molar-refractivity contribution in [2.75, 3.05) is 32.1 Å². The van der Waals surface area contributed by atoms with Crippen LogP contribution in [0.25, 0.3) is 0 Å². The number of benzene rings is 1. The van der Waals surface area contributed by atoms with Gasteiger partial charge in [0.25, 0.3) is 0 Å². The molecule has 1 rings (SSSR count). The van der Waals surface area contributed by atoms with E-state index in [9.17, 15) is 4.79 Å². The van der Waals surface area contributed by atoms with Gasteiger partial charge in [-0.3, -0.25) is 4.79 Å². The average Bonchev–Trinajstić information content (AvgIpc) is 2.39. The Kier molecular flexibility index (Phi) is 6.13. The van der Waals surface area contributed by atoms with E-state index in [1.165, 1.54) is 0 Å². The van der Waals surface area contributed by atoms with E-state index in [0.29, 0.717) is 5.69 Å². The molecule has 0 fully saturated rings. The zero-order valence-electron chi connectivity index (χ0n) is 10.2. The summed E-state index contributed by atoms with van der Waals surface area (Å²) < 4.78 is 5.00. The predicted octanol–water partition coefficient (Wildman–Crippen LogP) is -0.424. The van der Waals surface area contributed by atoms with Crippen molar-refractivity contribution in [2.45, 2.75) is 6.10 Å². The van der Waals surface area contributed by atoms with Crippen molar-refractivity contribution >= 4 is 11.6 Å². The molecule has 0 aromatic heterocycles. The van der Waals surface area contributed by atoms with Gasteiger partial charge >= 0.3 is 0 Å². The quantitative estimate of drug-likeness (QED) is 0.530. The monoisotopic (exact) mass is 254 g/mol. The van der Waals surface area contributed by atoms with Crippen molar-refractivity contribution in [1.82, 2.24) is 5.32 Å². The Morgan fingerprint density at radius 1 is 1.39 bits per heavy atom. The molecule has 0 aliphatic heterocycles. The standard InChI is InChI=1S/C12H18N2O4/c1-18-11-4-2-9(3-5-11)14-12(17)7-13-6-10(16)8-15/h2-5,10,13,15-16H,6-8H2,1H3,(H,14,17). The van der Waals surface area contributed by atoms with Gasteiger partial charge in [-0.15, -0.1) is 0 Å². The highest BCUT2D eigenvalue weighted by molar-refractivity contribution is 5.92. The highest BCUT2D eigenvalue weighted by atomic mass is 16.5. The van der Waals surface area contributed by atoms with Crippen LogP contribution in [0.3, 0.4) is 0 Å². The largest absolute Gasteiger partial charge is 0.497 e. The molecule has 0 saturated carbocycles. The van der Waals surface area contributed by atoms with E-state index in [-0.39, 0.29) is 25.6 Å².